The summed E-state index contributed by atoms with van der Waals surface area (Å²) in [6.07, 6.45) is 12.8. The van der Waals surface area contributed by atoms with E-state index in [1.807, 2.05) is 33.8 Å². The number of halogens is 1. The van der Waals surface area contributed by atoms with E-state index in [1.165, 1.54) is 32.1 Å². The van der Waals surface area contributed by atoms with Crippen LogP contribution in [0.2, 0.25) is 5.02 Å². The van der Waals surface area contributed by atoms with Crippen molar-refractivity contribution in [2.45, 2.75) is 64.0 Å². The fourth-order valence-corrected chi connectivity index (χ4v) is 5.72. The van der Waals surface area contributed by atoms with Crippen molar-refractivity contribution in [3.05, 3.63) is 47.5 Å². The van der Waals surface area contributed by atoms with E-state index in [2.05, 4.69) is 15.4 Å². The average Bonchev–Trinajstić information content (AvgIpc) is 3.34. The molecular formula is C24H32ClN5O2. The highest BCUT2D eigenvalue weighted by Gasteiger charge is 2.43. The first-order chi connectivity index (χ1) is 15.6. The maximum Gasteiger partial charge on any atom is 0.245 e. The van der Waals surface area contributed by atoms with Crippen LogP contribution in [0.25, 0.3) is 0 Å². The topological polar surface area (TPSA) is 80.1 Å². The van der Waals surface area contributed by atoms with Crippen molar-refractivity contribution in [2.24, 2.45) is 11.3 Å². The van der Waals surface area contributed by atoms with Gasteiger partial charge < -0.3 is 10.2 Å². The highest BCUT2D eigenvalue weighted by atomic mass is 35.5. The molecule has 2 fully saturated rings. The van der Waals surface area contributed by atoms with Gasteiger partial charge in [-0.3, -0.25) is 14.3 Å². The summed E-state index contributed by atoms with van der Waals surface area (Å²) >= 11 is 5.98. The first-order valence-corrected chi connectivity index (χ1v) is 12.0. The Bertz CT molecular complexity index is 872. The van der Waals surface area contributed by atoms with Crippen LogP contribution < -0.4 is 5.32 Å². The van der Waals surface area contributed by atoms with Crippen LogP contribution in [-0.4, -0.2) is 51.1 Å². The van der Waals surface area contributed by atoms with Crippen molar-refractivity contribution in [1.82, 2.24) is 25.0 Å². The molecule has 0 spiro atoms. The van der Waals surface area contributed by atoms with E-state index in [0.717, 1.165) is 24.9 Å². The van der Waals surface area contributed by atoms with Gasteiger partial charge in [0.25, 0.3) is 0 Å². The lowest BCUT2D eigenvalue weighted by atomic mass is 9.63. The van der Waals surface area contributed by atoms with Gasteiger partial charge in [0.1, 0.15) is 18.7 Å². The van der Waals surface area contributed by atoms with Gasteiger partial charge in [0.05, 0.1) is 0 Å². The van der Waals surface area contributed by atoms with Crippen LogP contribution in [0.15, 0.2) is 36.9 Å². The molecule has 1 aromatic heterocycles. The van der Waals surface area contributed by atoms with E-state index in [4.69, 9.17) is 11.6 Å². The van der Waals surface area contributed by atoms with Crippen LogP contribution >= 0.6 is 11.6 Å². The molecule has 1 saturated heterocycles. The second kappa shape index (κ2) is 10.5. The molecule has 8 heteroatoms. The molecule has 7 nitrogen and oxygen atoms in total. The number of benzene rings is 1. The Morgan fingerprint density at radius 1 is 1.19 bits per heavy atom. The summed E-state index contributed by atoms with van der Waals surface area (Å²) in [6.45, 7) is 2.28. The van der Waals surface area contributed by atoms with E-state index >= 15 is 0 Å². The molecular weight excluding hydrogens is 426 g/mol. The van der Waals surface area contributed by atoms with Crippen LogP contribution in [0.4, 0.5) is 0 Å². The van der Waals surface area contributed by atoms with Gasteiger partial charge in [0.2, 0.25) is 12.3 Å². The molecule has 1 aliphatic heterocycles. The minimum atomic E-state index is -0.564. The normalized spacial score (nSPS) is 20.0. The number of carbonyl (C=O) groups excluding carboxylic acids is 2. The first kappa shape index (κ1) is 22.8. The monoisotopic (exact) mass is 457 g/mol. The predicted octanol–water partition coefficient (Wildman–Crippen LogP) is 3.48. The highest BCUT2D eigenvalue weighted by molar-refractivity contribution is 6.30. The van der Waals surface area contributed by atoms with E-state index < -0.39 is 6.04 Å². The molecule has 0 unspecified atom stereocenters. The second-order valence-corrected chi connectivity index (χ2v) is 9.72. The summed E-state index contributed by atoms with van der Waals surface area (Å²) in [5.41, 5.74) is 1.12. The lowest BCUT2D eigenvalue weighted by molar-refractivity contribution is -0.138. The van der Waals surface area contributed by atoms with Crippen molar-refractivity contribution >= 4 is 23.9 Å². The van der Waals surface area contributed by atoms with Crippen LogP contribution in [0, 0.1) is 11.3 Å². The van der Waals surface area contributed by atoms with Crippen LogP contribution in [0.5, 0.6) is 0 Å². The molecule has 2 aromatic rings. The number of nitrogens with zero attached hydrogens (tertiary/aromatic N) is 4. The summed E-state index contributed by atoms with van der Waals surface area (Å²) in [4.78, 5) is 30.6. The Hall–Kier alpha value is -2.41. The third kappa shape index (κ3) is 5.31. The van der Waals surface area contributed by atoms with Crippen LogP contribution in [0.3, 0.4) is 0 Å². The van der Waals surface area contributed by atoms with Gasteiger partial charge in [-0.25, -0.2) is 4.98 Å². The van der Waals surface area contributed by atoms with Crippen molar-refractivity contribution in [1.29, 1.82) is 0 Å². The lowest BCUT2D eigenvalue weighted by Crippen LogP contribution is -2.53. The number of piperidine rings is 1. The van der Waals surface area contributed by atoms with Crippen molar-refractivity contribution in [3.8, 4) is 0 Å². The Labute approximate surface area is 194 Å². The van der Waals surface area contributed by atoms with Crippen LogP contribution in [0.1, 0.15) is 50.5 Å². The lowest BCUT2D eigenvalue weighted by Gasteiger charge is -2.48. The third-order valence-electron chi connectivity index (χ3n) is 7.41. The van der Waals surface area contributed by atoms with Gasteiger partial charge in [-0.15, -0.1) is 0 Å². The molecule has 1 N–H and O–H groups in total. The summed E-state index contributed by atoms with van der Waals surface area (Å²) in [6, 6.07) is 6.85. The minimum Gasteiger partial charge on any atom is -0.347 e. The maximum absolute atomic E-state index is 13.3. The van der Waals surface area contributed by atoms with Gasteiger partial charge in [0, 0.05) is 31.1 Å². The second-order valence-electron chi connectivity index (χ2n) is 9.28. The van der Waals surface area contributed by atoms with Gasteiger partial charge in [-0.1, -0.05) is 43.0 Å². The summed E-state index contributed by atoms with van der Waals surface area (Å²) in [7, 11) is 0. The van der Waals surface area contributed by atoms with Crippen LogP contribution in [-0.2, 0) is 22.6 Å². The maximum atomic E-state index is 13.3. The van der Waals surface area contributed by atoms with Gasteiger partial charge in [0.15, 0.2) is 0 Å². The molecule has 172 valence electrons. The molecule has 0 bridgehead atoms. The SMILES string of the molecule is O=CN[C@H](Cc1ccc(Cl)cc1)C(=O)N1CCC(Cn2cncn2)(C2CCCCC2)CC1. The fourth-order valence-electron chi connectivity index (χ4n) is 5.60. The van der Waals surface area contributed by atoms with Crippen molar-refractivity contribution < 1.29 is 9.59 Å². The van der Waals surface area contributed by atoms with Gasteiger partial charge in [-0.05, 0) is 54.7 Å². The fraction of sp³-hybridized carbons (Fsp3) is 0.583. The Morgan fingerprint density at radius 3 is 2.53 bits per heavy atom. The molecule has 1 atom stereocenters. The number of carbonyl (C=O) groups is 2. The number of amides is 2. The van der Waals surface area contributed by atoms with E-state index in [0.29, 0.717) is 36.9 Å². The zero-order valence-corrected chi connectivity index (χ0v) is 19.2. The molecule has 2 heterocycles. The zero-order chi connectivity index (χ0) is 22.4. The summed E-state index contributed by atoms with van der Waals surface area (Å²) in [5, 5.41) is 7.77. The number of nitrogens with one attached hydrogen (secondary N) is 1. The third-order valence-corrected chi connectivity index (χ3v) is 7.66. The molecule has 0 radical (unpaired) electrons. The number of hydrogen-bond acceptors (Lipinski definition) is 4. The smallest absolute Gasteiger partial charge is 0.245 e. The predicted molar refractivity (Wildman–Crippen MR) is 123 cm³/mol. The molecule has 2 amide bonds. The average molecular weight is 458 g/mol. The molecule has 32 heavy (non-hydrogen) atoms. The molecule has 1 saturated carbocycles. The summed E-state index contributed by atoms with van der Waals surface area (Å²) in [5.74, 6) is 0.653. The largest absolute Gasteiger partial charge is 0.347 e. The molecule has 1 aliphatic carbocycles. The number of rotatable bonds is 8. The summed E-state index contributed by atoms with van der Waals surface area (Å²) < 4.78 is 1.96. The van der Waals surface area contributed by atoms with E-state index in [-0.39, 0.29) is 11.3 Å². The zero-order valence-electron chi connectivity index (χ0n) is 18.5. The van der Waals surface area contributed by atoms with Crippen molar-refractivity contribution in [2.75, 3.05) is 13.1 Å². The van der Waals surface area contributed by atoms with Crippen molar-refractivity contribution in [3.63, 3.8) is 0 Å². The van der Waals surface area contributed by atoms with E-state index in [9.17, 15) is 9.59 Å². The highest BCUT2D eigenvalue weighted by Crippen LogP contribution is 2.47. The standard InChI is InChI=1S/C24H32ClN5O2/c25-21-8-6-19(7-9-21)14-22(27-18-31)23(32)29-12-10-24(11-13-29,15-30-17-26-16-28-30)20-4-2-1-3-5-20/h6-9,16-18,20,22H,1-5,10-15H2,(H,27,31)/t22-/m1/s1. The Kier molecular flexibility index (Phi) is 7.45. The Morgan fingerprint density at radius 2 is 1.91 bits per heavy atom. The first-order valence-electron chi connectivity index (χ1n) is 11.6. The van der Waals surface area contributed by atoms with Gasteiger partial charge >= 0.3 is 0 Å². The minimum absolute atomic E-state index is 0.00921. The quantitative estimate of drug-likeness (QED) is 0.615. The number of hydrogen-bond donors (Lipinski definition) is 1. The molecule has 1 aromatic carbocycles. The van der Waals surface area contributed by atoms with Gasteiger partial charge in [-0.2, -0.15) is 5.10 Å². The number of likely N-dealkylation sites (tertiary alicyclic amines) is 1. The van der Waals surface area contributed by atoms with E-state index in [1.54, 1.807) is 12.7 Å². The number of aromatic nitrogens is 3. The molecule has 4 rings (SSSR count). The Balaban J connectivity index is 1.44. The molecule has 2 aliphatic rings.